The van der Waals surface area contributed by atoms with E-state index < -0.39 is 0 Å². The lowest BCUT2D eigenvalue weighted by Crippen LogP contribution is -1.99. The Morgan fingerprint density at radius 2 is 2.70 bits per heavy atom. The fourth-order valence-electron chi connectivity index (χ4n) is 1.53. The van der Waals surface area contributed by atoms with Crippen LogP contribution in [0.1, 0.15) is 24.4 Å². The zero-order chi connectivity index (χ0) is 6.81. The second-order valence-electron chi connectivity index (χ2n) is 2.79. The minimum absolute atomic E-state index is 0.655. The van der Waals surface area contributed by atoms with Gasteiger partial charge in [0, 0.05) is 11.9 Å². The van der Waals surface area contributed by atoms with Crippen LogP contribution < -0.4 is 0 Å². The van der Waals surface area contributed by atoms with Crippen LogP contribution in [0.25, 0.3) is 0 Å². The van der Waals surface area contributed by atoms with Crippen molar-refractivity contribution in [2.24, 2.45) is 0 Å². The molecule has 51 valence electrons. The fraction of sp³-hybridized carbons (Fsp3) is 0.571. The van der Waals surface area contributed by atoms with Crippen molar-refractivity contribution in [3.8, 4) is 0 Å². The predicted molar refractivity (Wildman–Crippen MR) is 41.1 cm³/mol. The van der Waals surface area contributed by atoms with E-state index in [4.69, 9.17) is 0 Å². The first-order chi connectivity index (χ1) is 4.97. The lowest BCUT2D eigenvalue weighted by atomic mass is 9.66. The van der Waals surface area contributed by atoms with Gasteiger partial charge in [-0.3, -0.25) is 5.10 Å². The number of hydrogen-bond acceptors (Lipinski definition) is 1. The first-order valence-electron chi connectivity index (χ1n) is 3.79. The van der Waals surface area contributed by atoms with Crippen molar-refractivity contribution >= 4 is 7.28 Å². The van der Waals surface area contributed by atoms with E-state index >= 15 is 0 Å². The summed E-state index contributed by atoms with van der Waals surface area (Å²) in [5.41, 5.74) is 1.28. The highest BCUT2D eigenvalue weighted by atomic mass is 15.1. The highest BCUT2D eigenvalue weighted by molar-refractivity contribution is 6.38. The zero-order valence-electron chi connectivity index (χ0n) is 5.88. The summed E-state index contributed by atoms with van der Waals surface area (Å²) in [6.45, 7) is 0. The standard InChI is InChI=1S/C7H10BN2/c1-2-6(8-4-1)7-3-5-9-10-7/h3,5-6H,1-2,4H2,(H,9,10). The van der Waals surface area contributed by atoms with Gasteiger partial charge in [-0.05, 0) is 11.9 Å². The first-order valence-corrected chi connectivity index (χ1v) is 3.79. The molecule has 1 unspecified atom stereocenters. The topological polar surface area (TPSA) is 28.7 Å². The molecule has 2 rings (SSSR count). The molecule has 1 aromatic rings. The summed E-state index contributed by atoms with van der Waals surface area (Å²) in [5.74, 6) is 0.655. The molecule has 0 saturated carbocycles. The number of aromatic amines is 1. The van der Waals surface area contributed by atoms with Gasteiger partial charge in [0.25, 0.3) is 0 Å². The zero-order valence-corrected chi connectivity index (χ0v) is 5.88. The number of nitrogens with zero attached hydrogens (tertiary/aromatic N) is 1. The molecular formula is C7H10BN2. The molecule has 1 aliphatic rings. The minimum Gasteiger partial charge on any atom is -0.283 e. The Kier molecular flexibility index (Phi) is 1.49. The van der Waals surface area contributed by atoms with Crippen LogP contribution in [-0.2, 0) is 0 Å². The molecular weight excluding hydrogens is 123 g/mol. The van der Waals surface area contributed by atoms with E-state index in [-0.39, 0.29) is 0 Å². The van der Waals surface area contributed by atoms with Gasteiger partial charge in [-0.2, -0.15) is 5.10 Å². The Morgan fingerprint density at radius 3 is 3.30 bits per heavy atom. The van der Waals surface area contributed by atoms with Gasteiger partial charge in [0.15, 0.2) is 0 Å². The molecule has 1 N–H and O–H groups in total. The van der Waals surface area contributed by atoms with Crippen molar-refractivity contribution < 1.29 is 0 Å². The molecule has 0 aliphatic carbocycles. The molecule has 1 atom stereocenters. The third-order valence-electron chi connectivity index (χ3n) is 2.09. The second-order valence-corrected chi connectivity index (χ2v) is 2.79. The van der Waals surface area contributed by atoms with E-state index in [1.807, 2.05) is 6.20 Å². The van der Waals surface area contributed by atoms with E-state index in [1.165, 1.54) is 24.9 Å². The smallest absolute Gasteiger partial charge is 0.121 e. The quantitative estimate of drug-likeness (QED) is 0.575. The van der Waals surface area contributed by atoms with E-state index in [2.05, 4.69) is 23.5 Å². The van der Waals surface area contributed by atoms with Crippen LogP contribution in [0.15, 0.2) is 12.3 Å². The summed E-state index contributed by atoms with van der Waals surface area (Å²) in [6, 6.07) is 2.06. The van der Waals surface area contributed by atoms with Crippen molar-refractivity contribution in [1.29, 1.82) is 0 Å². The third-order valence-corrected chi connectivity index (χ3v) is 2.09. The van der Waals surface area contributed by atoms with Gasteiger partial charge >= 0.3 is 0 Å². The molecule has 3 heteroatoms. The number of H-pyrrole nitrogens is 1. The predicted octanol–water partition coefficient (Wildman–Crippen LogP) is 1.37. The summed E-state index contributed by atoms with van der Waals surface area (Å²) in [4.78, 5) is 0. The Balaban J connectivity index is 2.12. The normalized spacial score (nSPS) is 24.6. The highest BCUT2D eigenvalue weighted by Crippen LogP contribution is 2.26. The third kappa shape index (κ3) is 0.960. The van der Waals surface area contributed by atoms with E-state index in [0.717, 1.165) is 0 Å². The molecule has 1 saturated heterocycles. The number of nitrogens with one attached hydrogen (secondary N) is 1. The van der Waals surface area contributed by atoms with Crippen LogP contribution >= 0.6 is 0 Å². The molecule has 1 aliphatic heterocycles. The van der Waals surface area contributed by atoms with Gasteiger partial charge in [0.2, 0.25) is 0 Å². The summed E-state index contributed by atoms with van der Waals surface area (Å²) in [5, 5.41) is 6.92. The Labute approximate surface area is 61.3 Å². The molecule has 0 bridgehead atoms. The van der Waals surface area contributed by atoms with Crippen molar-refractivity contribution in [1.82, 2.24) is 10.2 Å². The van der Waals surface area contributed by atoms with Crippen LogP contribution in [0, 0.1) is 0 Å². The molecule has 2 nitrogen and oxygen atoms in total. The Morgan fingerprint density at radius 1 is 1.70 bits per heavy atom. The van der Waals surface area contributed by atoms with Gasteiger partial charge in [0.1, 0.15) is 7.28 Å². The second kappa shape index (κ2) is 2.49. The molecule has 10 heavy (non-hydrogen) atoms. The van der Waals surface area contributed by atoms with Gasteiger partial charge in [-0.25, -0.2) is 0 Å². The monoisotopic (exact) mass is 133 g/mol. The number of aromatic nitrogens is 2. The fourth-order valence-corrected chi connectivity index (χ4v) is 1.53. The number of hydrogen-bond donors (Lipinski definition) is 1. The maximum atomic E-state index is 3.92. The minimum atomic E-state index is 0.655. The SMILES string of the molecule is [B]1CCCC1c1ccn[nH]1. The molecule has 1 aromatic heterocycles. The largest absolute Gasteiger partial charge is 0.283 e. The number of rotatable bonds is 1. The van der Waals surface area contributed by atoms with Crippen LogP contribution in [0.3, 0.4) is 0 Å². The summed E-state index contributed by atoms with van der Waals surface area (Å²) >= 11 is 0. The first kappa shape index (κ1) is 6.02. The Hall–Kier alpha value is -0.725. The lowest BCUT2D eigenvalue weighted by Gasteiger charge is -2.02. The molecule has 0 amide bonds. The van der Waals surface area contributed by atoms with Crippen LogP contribution in [0.2, 0.25) is 6.32 Å². The van der Waals surface area contributed by atoms with Gasteiger partial charge in [0.05, 0.1) is 0 Å². The maximum absolute atomic E-state index is 3.92. The molecule has 0 aromatic carbocycles. The molecule has 2 heterocycles. The highest BCUT2D eigenvalue weighted by Gasteiger charge is 2.18. The van der Waals surface area contributed by atoms with E-state index in [0.29, 0.717) is 5.82 Å². The van der Waals surface area contributed by atoms with Crippen molar-refractivity contribution in [2.75, 3.05) is 0 Å². The summed E-state index contributed by atoms with van der Waals surface area (Å²) in [6.07, 6.45) is 5.72. The summed E-state index contributed by atoms with van der Waals surface area (Å²) < 4.78 is 0. The van der Waals surface area contributed by atoms with Gasteiger partial charge in [-0.15, -0.1) is 0 Å². The van der Waals surface area contributed by atoms with Gasteiger partial charge in [-0.1, -0.05) is 19.2 Å². The van der Waals surface area contributed by atoms with Crippen molar-refractivity contribution in [3.05, 3.63) is 18.0 Å². The maximum Gasteiger partial charge on any atom is 0.121 e. The Bertz CT molecular complexity index is 189. The van der Waals surface area contributed by atoms with Crippen LogP contribution in [-0.4, -0.2) is 17.5 Å². The lowest BCUT2D eigenvalue weighted by molar-refractivity contribution is 0.793. The van der Waals surface area contributed by atoms with Crippen LogP contribution in [0.4, 0.5) is 0 Å². The van der Waals surface area contributed by atoms with Crippen LogP contribution in [0.5, 0.6) is 0 Å². The summed E-state index contributed by atoms with van der Waals surface area (Å²) in [7, 11) is 2.37. The van der Waals surface area contributed by atoms with Crippen molar-refractivity contribution in [3.63, 3.8) is 0 Å². The van der Waals surface area contributed by atoms with E-state index in [9.17, 15) is 0 Å². The average Bonchev–Trinajstić information content (AvgIpc) is 2.59. The molecule has 1 radical (unpaired) electrons. The molecule has 1 fully saturated rings. The average molecular weight is 133 g/mol. The van der Waals surface area contributed by atoms with Crippen molar-refractivity contribution in [2.45, 2.75) is 25.0 Å². The molecule has 0 spiro atoms. The van der Waals surface area contributed by atoms with E-state index in [1.54, 1.807) is 0 Å². The van der Waals surface area contributed by atoms with Gasteiger partial charge < -0.3 is 0 Å².